The molecule has 1 aromatic carbocycles. The van der Waals surface area contributed by atoms with Crippen LogP contribution in [0.25, 0.3) is 10.4 Å². The first kappa shape index (κ1) is 13.2. The van der Waals surface area contributed by atoms with Gasteiger partial charge in [0.25, 0.3) is 0 Å². The van der Waals surface area contributed by atoms with E-state index in [4.69, 9.17) is 34.0 Å². The van der Waals surface area contributed by atoms with Gasteiger partial charge in [-0.05, 0) is 18.6 Å². The molecule has 0 atom stereocenters. The highest BCUT2D eigenvalue weighted by Gasteiger charge is 2.20. The number of carbonyl (C=O) groups is 1. The van der Waals surface area contributed by atoms with Crippen molar-refractivity contribution in [2.45, 2.75) is 6.92 Å². The number of hydrogen-bond donors (Lipinski definition) is 2. The van der Waals surface area contributed by atoms with Gasteiger partial charge in [-0.15, -0.1) is 11.3 Å². The van der Waals surface area contributed by atoms with Crippen molar-refractivity contribution >= 4 is 46.2 Å². The van der Waals surface area contributed by atoms with Crippen molar-refractivity contribution in [2.24, 2.45) is 0 Å². The fourth-order valence-electron chi connectivity index (χ4n) is 1.62. The minimum absolute atomic E-state index is 0.124. The summed E-state index contributed by atoms with van der Waals surface area (Å²) in [6.07, 6.45) is 0. The van der Waals surface area contributed by atoms with Gasteiger partial charge in [0.15, 0.2) is 0 Å². The van der Waals surface area contributed by atoms with Gasteiger partial charge in [-0.25, -0.2) is 4.79 Å². The summed E-state index contributed by atoms with van der Waals surface area (Å²) in [7, 11) is 0. The van der Waals surface area contributed by atoms with Crippen LogP contribution in [0.15, 0.2) is 18.2 Å². The summed E-state index contributed by atoms with van der Waals surface area (Å²) in [5.74, 6) is -1.04. The molecule has 0 bridgehead atoms. The number of rotatable bonds is 2. The third-order valence-electron chi connectivity index (χ3n) is 2.58. The number of nitrogen functional groups attached to an aromatic ring is 1. The van der Waals surface area contributed by atoms with Crippen LogP contribution in [0.5, 0.6) is 0 Å². The molecule has 0 aliphatic carbocycles. The highest BCUT2D eigenvalue weighted by atomic mass is 35.5. The lowest BCUT2D eigenvalue weighted by Gasteiger charge is -2.04. The van der Waals surface area contributed by atoms with E-state index in [1.54, 1.807) is 25.1 Å². The Morgan fingerprint density at radius 3 is 2.61 bits per heavy atom. The smallest absolute Gasteiger partial charge is 0.348 e. The highest BCUT2D eigenvalue weighted by molar-refractivity contribution is 7.18. The van der Waals surface area contributed by atoms with Crippen molar-refractivity contribution in [2.75, 3.05) is 5.73 Å². The maximum Gasteiger partial charge on any atom is 0.348 e. The van der Waals surface area contributed by atoms with Gasteiger partial charge in [0.1, 0.15) is 4.88 Å². The van der Waals surface area contributed by atoms with Gasteiger partial charge in [-0.3, -0.25) is 0 Å². The predicted octanol–water partition coefficient (Wildman–Crippen LogP) is 4.31. The van der Waals surface area contributed by atoms with Crippen LogP contribution in [0.4, 0.5) is 5.69 Å². The molecule has 6 heteroatoms. The van der Waals surface area contributed by atoms with Gasteiger partial charge in [0.2, 0.25) is 0 Å². The summed E-state index contributed by atoms with van der Waals surface area (Å²) < 4.78 is 0. The molecule has 0 saturated carbocycles. The maximum absolute atomic E-state index is 11.0. The Balaban J connectivity index is 2.69. The zero-order valence-electron chi connectivity index (χ0n) is 9.33. The van der Waals surface area contributed by atoms with Crippen molar-refractivity contribution in [1.82, 2.24) is 0 Å². The number of hydrogen-bond acceptors (Lipinski definition) is 3. The number of carboxylic acid groups (broad SMARTS) is 1. The minimum Gasteiger partial charge on any atom is -0.477 e. The molecule has 3 nitrogen and oxygen atoms in total. The Labute approximate surface area is 118 Å². The van der Waals surface area contributed by atoms with E-state index in [1.807, 2.05) is 0 Å². The quantitative estimate of drug-likeness (QED) is 0.868. The Kier molecular flexibility index (Phi) is 3.52. The number of thiophene rings is 1. The molecule has 1 aromatic heterocycles. The molecule has 0 amide bonds. The van der Waals surface area contributed by atoms with Gasteiger partial charge in [0.05, 0.1) is 15.7 Å². The van der Waals surface area contributed by atoms with Gasteiger partial charge >= 0.3 is 5.97 Å². The van der Waals surface area contributed by atoms with E-state index < -0.39 is 5.97 Å². The Bertz CT molecular complexity index is 637. The minimum atomic E-state index is -1.04. The molecule has 2 aromatic rings. The van der Waals surface area contributed by atoms with Crippen LogP contribution in [0.3, 0.4) is 0 Å². The number of benzene rings is 1. The van der Waals surface area contributed by atoms with Gasteiger partial charge in [0, 0.05) is 10.4 Å². The first-order valence-corrected chi connectivity index (χ1v) is 6.57. The normalized spacial score (nSPS) is 10.6. The molecule has 0 spiro atoms. The number of aromatic carboxylic acids is 1. The van der Waals surface area contributed by atoms with Gasteiger partial charge in [-0.1, -0.05) is 35.3 Å². The predicted molar refractivity (Wildman–Crippen MR) is 75.9 cm³/mol. The SMILES string of the molecule is Cc1c(-c2cccc(Cl)c2Cl)sc(C(=O)O)c1N. The lowest BCUT2D eigenvalue weighted by molar-refractivity contribution is 0.0703. The summed E-state index contributed by atoms with van der Waals surface area (Å²) in [5.41, 5.74) is 7.47. The van der Waals surface area contributed by atoms with E-state index >= 15 is 0 Å². The van der Waals surface area contributed by atoms with Crippen LogP contribution in [-0.4, -0.2) is 11.1 Å². The first-order valence-electron chi connectivity index (χ1n) is 5.00. The van der Waals surface area contributed by atoms with Crippen LogP contribution in [0, 0.1) is 6.92 Å². The molecule has 2 rings (SSSR count). The second-order valence-corrected chi connectivity index (χ2v) is 5.51. The lowest BCUT2D eigenvalue weighted by atomic mass is 10.1. The van der Waals surface area contributed by atoms with Crippen LogP contribution in [-0.2, 0) is 0 Å². The molecule has 18 heavy (non-hydrogen) atoms. The van der Waals surface area contributed by atoms with E-state index in [0.717, 1.165) is 16.2 Å². The molecule has 0 saturated heterocycles. The van der Waals surface area contributed by atoms with E-state index in [0.29, 0.717) is 21.2 Å². The fraction of sp³-hybridized carbons (Fsp3) is 0.0833. The van der Waals surface area contributed by atoms with Crippen LogP contribution < -0.4 is 5.73 Å². The number of carboxylic acids is 1. The fourth-order valence-corrected chi connectivity index (χ4v) is 3.17. The Morgan fingerprint density at radius 2 is 2.06 bits per heavy atom. The Hall–Kier alpha value is -1.23. The molecule has 94 valence electrons. The van der Waals surface area contributed by atoms with Crippen molar-refractivity contribution in [3.05, 3.63) is 38.7 Å². The first-order chi connectivity index (χ1) is 8.43. The molecule has 0 aliphatic rings. The molecule has 0 radical (unpaired) electrons. The zero-order chi connectivity index (χ0) is 13.4. The lowest BCUT2D eigenvalue weighted by Crippen LogP contribution is -1.97. The average Bonchev–Trinajstić information content (AvgIpc) is 2.61. The van der Waals surface area contributed by atoms with Crippen molar-refractivity contribution < 1.29 is 9.90 Å². The van der Waals surface area contributed by atoms with E-state index in [9.17, 15) is 4.79 Å². The summed E-state index contributed by atoms with van der Waals surface area (Å²) in [6.45, 7) is 1.77. The number of nitrogens with two attached hydrogens (primary N) is 1. The molecule has 3 N–H and O–H groups in total. The topological polar surface area (TPSA) is 63.3 Å². The highest BCUT2D eigenvalue weighted by Crippen LogP contribution is 2.42. The third kappa shape index (κ3) is 2.07. The van der Waals surface area contributed by atoms with E-state index in [1.165, 1.54) is 0 Å². The van der Waals surface area contributed by atoms with Crippen LogP contribution >= 0.6 is 34.5 Å². The maximum atomic E-state index is 11.0. The van der Waals surface area contributed by atoms with Gasteiger partial charge in [-0.2, -0.15) is 0 Å². The van der Waals surface area contributed by atoms with Crippen molar-refractivity contribution in [3.63, 3.8) is 0 Å². The van der Waals surface area contributed by atoms with E-state index in [-0.39, 0.29) is 10.6 Å². The average molecular weight is 302 g/mol. The van der Waals surface area contributed by atoms with E-state index in [2.05, 4.69) is 0 Å². The van der Waals surface area contributed by atoms with Crippen LogP contribution in [0.2, 0.25) is 10.0 Å². The molecule has 1 heterocycles. The second kappa shape index (κ2) is 4.80. The molecular formula is C12H9Cl2NO2S. The summed E-state index contributed by atoms with van der Waals surface area (Å²) in [4.78, 5) is 11.9. The monoisotopic (exact) mass is 301 g/mol. The molecule has 0 fully saturated rings. The largest absolute Gasteiger partial charge is 0.477 e. The van der Waals surface area contributed by atoms with Gasteiger partial charge < -0.3 is 10.8 Å². The summed E-state index contributed by atoms with van der Waals surface area (Å²) in [5, 5.41) is 9.88. The standard InChI is InChI=1S/C12H9Cl2NO2S/c1-5-9(15)11(12(16)17)18-10(5)6-3-2-4-7(13)8(6)14/h2-4H,15H2,1H3,(H,16,17). The number of anilines is 1. The Morgan fingerprint density at radius 1 is 1.39 bits per heavy atom. The summed E-state index contributed by atoms with van der Waals surface area (Å²) >= 11 is 13.2. The molecule has 0 unspecified atom stereocenters. The molecule has 0 aliphatic heterocycles. The number of halogens is 2. The molecular weight excluding hydrogens is 293 g/mol. The third-order valence-corrected chi connectivity index (χ3v) is 4.73. The van der Waals surface area contributed by atoms with Crippen LogP contribution in [0.1, 0.15) is 15.2 Å². The summed E-state index contributed by atoms with van der Waals surface area (Å²) in [6, 6.07) is 5.23. The second-order valence-electron chi connectivity index (χ2n) is 3.71. The van der Waals surface area contributed by atoms with Crippen molar-refractivity contribution in [3.8, 4) is 10.4 Å². The zero-order valence-corrected chi connectivity index (χ0v) is 11.7. The van der Waals surface area contributed by atoms with Crippen molar-refractivity contribution in [1.29, 1.82) is 0 Å².